The van der Waals surface area contributed by atoms with E-state index in [2.05, 4.69) is 5.32 Å². The first kappa shape index (κ1) is 11.8. The molecule has 0 aliphatic carbocycles. The topological polar surface area (TPSA) is 35.9 Å². The quantitative estimate of drug-likeness (QED) is 0.748. The van der Waals surface area contributed by atoms with Crippen LogP contribution in [0.3, 0.4) is 0 Å². The van der Waals surface area contributed by atoms with Gasteiger partial charge in [0.1, 0.15) is 0 Å². The molecule has 0 atom stereocenters. The van der Waals surface area contributed by atoms with Crippen LogP contribution in [0.5, 0.6) is 0 Å². The van der Waals surface area contributed by atoms with Crippen molar-refractivity contribution in [2.24, 2.45) is 0 Å². The predicted octanol–water partition coefficient (Wildman–Crippen LogP) is 3.92. The molecule has 0 heterocycles. The van der Waals surface area contributed by atoms with Crippen molar-refractivity contribution in [2.75, 3.05) is 5.32 Å². The van der Waals surface area contributed by atoms with Crippen LogP contribution in [0.4, 0.5) is 5.69 Å². The van der Waals surface area contributed by atoms with Crippen LogP contribution >= 0.6 is 11.6 Å². The Kier molecular flexibility index (Phi) is 3.92. The van der Waals surface area contributed by atoms with E-state index in [0.29, 0.717) is 10.7 Å². The van der Waals surface area contributed by atoms with Crippen LogP contribution in [0.2, 0.25) is 0 Å². The van der Waals surface area contributed by atoms with E-state index >= 15 is 0 Å². The Morgan fingerprint density at radius 2 is 1.73 bits per heavy atom. The number of aryl methyl sites for hydroxylation is 1. The van der Waals surface area contributed by atoms with Gasteiger partial charge in [0.2, 0.25) is 0 Å². The molecule has 0 aliphatic rings. The number of anilines is 1. The molecule has 3 heteroatoms. The zero-order valence-electron chi connectivity index (χ0n) is 9.19. The lowest BCUT2D eigenvalue weighted by Gasteiger charge is -2.08. The molecular formula is C12H15ClN2. The van der Waals surface area contributed by atoms with Gasteiger partial charge < -0.3 is 10.7 Å². The first-order valence-electron chi connectivity index (χ1n) is 4.76. The van der Waals surface area contributed by atoms with E-state index in [0.717, 1.165) is 11.4 Å². The molecule has 80 valence electrons. The zero-order chi connectivity index (χ0) is 11.4. The highest BCUT2D eigenvalue weighted by Gasteiger charge is 2.01. The maximum absolute atomic E-state index is 7.40. The highest BCUT2D eigenvalue weighted by molar-refractivity contribution is 6.43. The number of nitrogens with one attached hydrogen (secondary N) is 2. The van der Waals surface area contributed by atoms with E-state index in [9.17, 15) is 0 Å². The van der Waals surface area contributed by atoms with Gasteiger partial charge >= 0.3 is 0 Å². The van der Waals surface area contributed by atoms with E-state index in [1.807, 2.05) is 38.1 Å². The van der Waals surface area contributed by atoms with Crippen molar-refractivity contribution in [3.8, 4) is 0 Å². The third-order valence-electron chi connectivity index (χ3n) is 2.04. The van der Waals surface area contributed by atoms with Gasteiger partial charge in [0.15, 0.2) is 0 Å². The fourth-order valence-corrected chi connectivity index (χ4v) is 1.24. The molecule has 0 bridgehead atoms. The van der Waals surface area contributed by atoms with E-state index in [-0.39, 0.29) is 0 Å². The van der Waals surface area contributed by atoms with Crippen LogP contribution in [-0.4, -0.2) is 5.71 Å². The summed E-state index contributed by atoms with van der Waals surface area (Å²) in [5, 5.41) is 11.0. The van der Waals surface area contributed by atoms with Gasteiger partial charge in [0.05, 0.1) is 5.03 Å². The number of allylic oxidation sites excluding steroid dienone is 2. The summed E-state index contributed by atoms with van der Waals surface area (Å²) in [6, 6.07) is 8.03. The lowest BCUT2D eigenvalue weighted by Crippen LogP contribution is -2.01. The fraction of sp³-hybridized carbons (Fsp3) is 0.250. The van der Waals surface area contributed by atoms with E-state index in [1.54, 1.807) is 6.92 Å². The molecule has 0 unspecified atom stereocenters. The third kappa shape index (κ3) is 3.40. The minimum absolute atomic E-state index is 0.369. The lowest BCUT2D eigenvalue weighted by atomic mass is 10.2. The number of hydrogen-bond acceptors (Lipinski definition) is 2. The van der Waals surface area contributed by atoms with E-state index in [1.165, 1.54) is 5.56 Å². The summed E-state index contributed by atoms with van der Waals surface area (Å²) in [6.07, 6.45) is 0. The van der Waals surface area contributed by atoms with Crippen molar-refractivity contribution in [3.05, 3.63) is 40.6 Å². The molecular weight excluding hydrogens is 208 g/mol. The van der Waals surface area contributed by atoms with Gasteiger partial charge in [-0.1, -0.05) is 29.3 Å². The van der Waals surface area contributed by atoms with Crippen LogP contribution in [0, 0.1) is 12.3 Å². The minimum Gasteiger partial charge on any atom is -0.358 e. The minimum atomic E-state index is 0.369. The zero-order valence-corrected chi connectivity index (χ0v) is 9.94. The Bertz CT molecular complexity index is 391. The molecule has 0 radical (unpaired) electrons. The second kappa shape index (κ2) is 4.99. The van der Waals surface area contributed by atoms with Crippen molar-refractivity contribution in [1.82, 2.24) is 0 Å². The summed E-state index contributed by atoms with van der Waals surface area (Å²) in [4.78, 5) is 0. The molecule has 15 heavy (non-hydrogen) atoms. The molecule has 0 saturated heterocycles. The van der Waals surface area contributed by atoms with E-state index in [4.69, 9.17) is 17.0 Å². The lowest BCUT2D eigenvalue weighted by molar-refractivity contribution is 1.34. The highest BCUT2D eigenvalue weighted by Crippen LogP contribution is 2.15. The van der Waals surface area contributed by atoms with Gasteiger partial charge in [0.25, 0.3) is 0 Å². The Morgan fingerprint density at radius 3 is 2.20 bits per heavy atom. The molecule has 0 aliphatic heterocycles. The summed E-state index contributed by atoms with van der Waals surface area (Å²) < 4.78 is 0. The Labute approximate surface area is 95.5 Å². The Balaban J connectivity index is 2.83. The molecule has 0 saturated carbocycles. The van der Waals surface area contributed by atoms with Gasteiger partial charge in [-0.15, -0.1) is 0 Å². The normalized spacial score (nSPS) is 12.0. The molecule has 1 rings (SSSR count). The molecule has 0 spiro atoms. The van der Waals surface area contributed by atoms with Gasteiger partial charge in [-0.05, 0) is 32.9 Å². The van der Waals surface area contributed by atoms with Crippen molar-refractivity contribution in [3.63, 3.8) is 0 Å². The first-order valence-corrected chi connectivity index (χ1v) is 5.14. The molecule has 2 N–H and O–H groups in total. The van der Waals surface area contributed by atoms with Crippen molar-refractivity contribution >= 4 is 23.0 Å². The van der Waals surface area contributed by atoms with Gasteiger partial charge in [-0.3, -0.25) is 0 Å². The molecule has 1 aromatic carbocycles. The fourth-order valence-electron chi connectivity index (χ4n) is 1.19. The maximum atomic E-state index is 7.40. The number of hydrogen-bond donors (Lipinski definition) is 2. The average molecular weight is 223 g/mol. The molecule has 1 aromatic rings. The number of halogens is 1. The summed E-state index contributed by atoms with van der Waals surface area (Å²) >= 11 is 5.94. The first-order chi connectivity index (χ1) is 7.00. The highest BCUT2D eigenvalue weighted by atomic mass is 35.5. The van der Waals surface area contributed by atoms with Crippen molar-refractivity contribution in [2.45, 2.75) is 20.8 Å². The Morgan fingerprint density at radius 1 is 1.20 bits per heavy atom. The summed E-state index contributed by atoms with van der Waals surface area (Å²) in [5.41, 5.74) is 3.37. The van der Waals surface area contributed by atoms with Crippen LogP contribution in [0.1, 0.15) is 19.4 Å². The van der Waals surface area contributed by atoms with Crippen molar-refractivity contribution < 1.29 is 0 Å². The van der Waals surface area contributed by atoms with Crippen LogP contribution in [0.25, 0.3) is 0 Å². The van der Waals surface area contributed by atoms with Crippen molar-refractivity contribution in [1.29, 1.82) is 5.41 Å². The average Bonchev–Trinajstić information content (AvgIpc) is 2.20. The molecule has 2 nitrogen and oxygen atoms in total. The molecule has 0 fully saturated rings. The standard InChI is InChI=1S/C12H15ClN2/c1-8-4-6-11(7-5-8)15-10(3)12(13)9(2)14/h4-7,14-15H,1-3H3/b12-10+,14-9?. The third-order valence-corrected chi connectivity index (χ3v) is 2.61. The van der Waals surface area contributed by atoms with Gasteiger partial charge in [0, 0.05) is 17.1 Å². The maximum Gasteiger partial charge on any atom is 0.0800 e. The monoisotopic (exact) mass is 222 g/mol. The van der Waals surface area contributed by atoms with Gasteiger partial charge in [-0.2, -0.15) is 0 Å². The van der Waals surface area contributed by atoms with E-state index < -0.39 is 0 Å². The number of rotatable bonds is 3. The van der Waals surface area contributed by atoms with Gasteiger partial charge in [-0.25, -0.2) is 0 Å². The number of benzene rings is 1. The summed E-state index contributed by atoms with van der Waals surface area (Å²) in [5.74, 6) is 0. The largest absolute Gasteiger partial charge is 0.358 e. The summed E-state index contributed by atoms with van der Waals surface area (Å²) in [7, 11) is 0. The Hall–Kier alpha value is -1.28. The molecule has 0 amide bonds. The van der Waals surface area contributed by atoms with Crippen LogP contribution in [0.15, 0.2) is 35.0 Å². The second-order valence-electron chi connectivity index (χ2n) is 3.56. The second-order valence-corrected chi connectivity index (χ2v) is 3.93. The van der Waals surface area contributed by atoms with Crippen LogP contribution in [-0.2, 0) is 0 Å². The SMILES string of the molecule is CC(=N)/C(Cl)=C(/C)Nc1ccc(C)cc1. The summed E-state index contributed by atoms with van der Waals surface area (Å²) in [6.45, 7) is 5.57. The molecule has 0 aromatic heterocycles. The van der Waals surface area contributed by atoms with Crippen LogP contribution < -0.4 is 5.32 Å². The smallest absolute Gasteiger partial charge is 0.0800 e. The predicted molar refractivity (Wildman–Crippen MR) is 66.8 cm³/mol.